The van der Waals surface area contributed by atoms with E-state index in [9.17, 15) is 22.7 Å². The molecule has 0 spiro atoms. The van der Waals surface area contributed by atoms with Crippen LogP contribution in [0.1, 0.15) is 43.7 Å². The lowest BCUT2D eigenvalue weighted by molar-refractivity contribution is -0.138. The highest BCUT2D eigenvalue weighted by molar-refractivity contribution is 5.31. The van der Waals surface area contributed by atoms with Crippen LogP contribution < -0.4 is 0 Å². The lowest BCUT2D eigenvalue weighted by Gasteiger charge is -2.35. The van der Waals surface area contributed by atoms with E-state index in [1.807, 2.05) is 11.8 Å². The first-order valence-electron chi connectivity index (χ1n) is 8.03. The molecule has 1 aromatic rings. The van der Waals surface area contributed by atoms with Gasteiger partial charge >= 0.3 is 6.18 Å². The van der Waals surface area contributed by atoms with Crippen molar-refractivity contribution >= 4 is 0 Å². The number of halogens is 4. The molecular formula is C17H21F4NO. The van der Waals surface area contributed by atoms with Crippen LogP contribution in [0, 0.1) is 11.2 Å². The quantitative estimate of drug-likeness (QED) is 0.844. The Hall–Kier alpha value is -1.14. The number of aliphatic hydroxyl groups is 1. The van der Waals surface area contributed by atoms with Gasteiger partial charge in [0.05, 0.1) is 12.2 Å². The highest BCUT2D eigenvalue weighted by Gasteiger charge is 2.54. The summed E-state index contributed by atoms with van der Waals surface area (Å²) in [6.07, 6.45) is -1.06. The van der Waals surface area contributed by atoms with Gasteiger partial charge in [-0.25, -0.2) is 4.39 Å². The SMILES string of the molecule is CC[C@]1(CO)C[C@H]2CC[C@@H]1N2Cc1cc(F)ccc1C(F)(F)F. The molecule has 0 unspecified atom stereocenters. The molecule has 0 radical (unpaired) electrons. The van der Waals surface area contributed by atoms with Gasteiger partial charge in [0.15, 0.2) is 0 Å². The minimum absolute atomic E-state index is 0.0146. The maximum atomic E-state index is 13.5. The number of fused-ring (bicyclic) bond motifs is 2. The second-order valence-corrected chi connectivity index (χ2v) is 6.80. The van der Waals surface area contributed by atoms with Crippen molar-refractivity contribution in [3.05, 3.63) is 35.1 Å². The van der Waals surface area contributed by atoms with E-state index in [1.165, 1.54) is 0 Å². The zero-order valence-electron chi connectivity index (χ0n) is 13.0. The van der Waals surface area contributed by atoms with Gasteiger partial charge in [-0.3, -0.25) is 4.90 Å². The van der Waals surface area contributed by atoms with Gasteiger partial charge in [-0.2, -0.15) is 13.2 Å². The fourth-order valence-electron chi connectivity index (χ4n) is 4.49. The molecule has 3 rings (SSSR count). The second-order valence-electron chi connectivity index (χ2n) is 6.80. The van der Waals surface area contributed by atoms with Crippen molar-refractivity contribution < 1.29 is 22.7 Å². The normalized spacial score (nSPS) is 31.0. The molecule has 23 heavy (non-hydrogen) atoms. The first-order chi connectivity index (χ1) is 10.8. The largest absolute Gasteiger partial charge is 0.416 e. The highest BCUT2D eigenvalue weighted by atomic mass is 19.4. The van der Waals surface area contributed by atoms with Crippen molar-refractivity contribution in [2.75, 3.05) is 6.61 Å². The van der Waals surface area contributed by atoms with E-state index in [1.54, 1.807) is 0 Å². The molecule has 1 N–H and O–H groups in total. The zero-order valence-corrected chi connectivity index (χ0v) is 13.0. The lowest BCUT2D eigenvalue weighted by Crippen LogP contribution is -2.39. The second kappa shape index (κ2) is 5.74. The molecule has 0 aromatic heterocycles. The Balaban J connectivity index is 1.90. The van der Waals surface area contributed by atoms with Crippen LogP contribution in [0.2, 0.25) is 0 Å². The Labute approximate surface area is 133 Å². The fraction of sp³-hybridized carbons (Fsp3) is 0.647. The van der Waals surface area contributed by atoms with E-state index in [4.69, 9.17) is 0 Å². The number of benzene rings is 1. The maximum Gasteiger partial charge on any atom is 0.416 e. The number of aliphatic hydroxyl groups excluding tert-OH is 1. The Morgan fingerprint density at radius 3 is 2.61 bits per heavy atom. The Morgan fingerprint density at radius 1 is 1.30 bits per heavy atom. The van der Waals surface area contributed by atoms with Crippen molar-refractivity contribution in [3.8, 4) is 0 Å². The van der Waals surface area contributed by atoms with Gasteiger partial charge in [0.25, 0.3) is 0 Å². The zero-order chi connectivity index (χ0) is 16.8. The molecule has 1 aromatic carbocycles. The van der Waals surface area contributed by atoms with Crippen LogP contribution in [-0.4, -0.2) is 28.7 Å². The predicted octanol–water partition coefficient (Wildman–Crippen LogP) is 3.97. The van der Waals surface area contributed by atoms with Crippen molar-refractivity contribution in [1.82, 2.24) is 4.90 Å². The first kappa shape index (κ1) is 16.7. The van der Waals surface area contributed by atoms with Gasteiger partial charge in [0.1, 0.15) is 5.82 Å². The summed E-state index contributed by atoms with van der Waals surface area (Å²) >= 11 is 0. The van der Waals surface area contributed by atoms with Crippen molar-refractivity contribution in [3.63, 3.8) is 0 Å². The molecule has 0 saturated carbocycles. The fourth-order valence-corrected chi connectivity index (χ4v) is 4.49. The summed E-state index contributed by atoms with van der Waals surface area (Å²) in [6, 6.07) is 2.92. The molecule has 3 atom stereocenters. The third-order valence-electron chi connectivity index (χ3n) is 5.74. The summed E-state index contributed by atoms with van der Waals surface area (Å²) in [5.41, 5.74) is -1.01. The van der Waals surface area contributed by atoms with E-state index in [-0.39, 0.29) is 36.2 Å². The molecule has 0 aliphatic carbocycles. The van der Waals surface area contributed by atoms with Crippen LogP contribution in [0.25, 0.3) is 0 Å². The third kappa shape index (κ3) is 2.76. The van der Waals surface area contributed by atoms with Gasteiger partial charge < -0.3 is 5.11 Å². The van der Waals surface area contributed by atoms with Crippen molar-refractivity contribution in [2.45, 2.75) is 57.4 Å². The number of alkyl halides is 3. The summed E-state index contributed by atoms with van der Waals surface area (Å²) in [5, 5.41) is 9.78. The van der Waals surface area contributed by atoms with Crippen LogP contribution in [0.3, 0.4) is 0 Å². The van der Waals surface area contributed by atoms with Crippen molar-refractivity contribution in [1.29, 1.82) is 0 Å². The van der Waals surface area contributed by atoms with E-state index in [0.29, 0.717) is 0 Å². The number of nitrogens with zero attached hydrogens (tertiary/aromatic N) is 1. The molecule has 2 aliphatic rings. The molecule has 2 nitrogen and oxygen atoms in total. The van der Waals surface area contributed by atoms with Gasteiger partial charge in [-0.1, -0.05) is 6.92 Å². The molecule has 2 fully saturated rings. The van der Waals surface area contributed by atoms with Crippen LogP contribution in [-0.2, 0) is 12.7 Å². The van der Waals surface area contributed by atoms with Gasteiger partial charge in [0, 0.05) is 24.0 Å². The molecule has 2 aliphatic heterocycles. The lowest BCUT2D eigenvalue weighted by atomic mass is 9.72. The maximum absolute atomic E-state index is 13.5. The smallest absolute Gasteiger partial charge is 0.396 e. The molecule has 2 saturated heterocycles. The summed E-state index contributed by atoms with van der Waals surface area (Å²) < 4.78 is 53.0. The summed E-state index contributed by atoms with van der Waals surface area (Å²) in [5.74, 6) is -0.650. The van der Waals surface area contributed by atoms with Crippen LogP contribution in [0.4, 0.5) is 17.6 Å². The minimum Gasteiger partial charge on any atom is -0.396 e. The minimum atomic E-state index is -4.49. The molecule has 2 heterocycles. The van der Waals surface area contributed by atoms with E-state index in [2.05, 4.69) is 0 Å². The third-order valence-corrected chi connectivity index (χ3v) is 5.74. The predicted molar refractivity (Wildman–Crippen MR) is 78.2 cm³/mol. The van der Waals surface area contributed by atoms with Crippen LogP contribution in [0.15, 0.2) is 18.2 Å². The summed E-state index contributed by atoms with van der Waals surface area (Å²) in [4.78, 5) is 2.05. The highest BCUT2D eigenvalue weighted by Crippen LogP contribution is 2.52. The average molecular weight is 331 g/mol. The van der Waals surface area contributed by atoms with E-state index < -0.39 is 17.6 Å². The Kier molecular flexibility index (Phi) is 4.17. The van der Waals surface area contributed by atoms with Crippen molar-refractivity contribution in [2.24, 2.45) is 5.41 Å². The summed E-state index contributed by atoms with van der Waals surface area (Å²) in [6.45, 7) is 2.15. The van der Waals surface area contributed by atoms with Gasteiger partial charge in [0.2, 0.25) is 0 Å². The van der Waals surface area contributed by atoms with Gasteiger partial charge in [-0.05, 0) is 49.4 Å². The molecule has 6 heteroatoms. The standard InChI is InChI=1S/C17H21F4NO/c1-2-16(10-23)8-13-4-6-15(16)22(13)9-11-7-12(18)3-5-14(11)17(19,20)21/h3,5,7,13,15,23H,2,4,6,8-10H2,1H3/t13-,15+,16-/m1/s1. The molecule has 2 bridgehead atoms. The van der Waals surface area contributed by atoms with Gasteiger partial charge in [-0.15, -0.1) is 0 Å². The Morgan fingerprint density at radius 2 is 2.04 bits per heavy atom. The number of rotatable bonds is 4. The molecular weight excluding hydrogens is 310 g/mol. The van der Waals surface area contributed by atoms with E-state index in [0.717, 1.165) is 43.9 Å². The number of hydrogen-bond acceptors (Lipinski definition) is 2. The van der Waals surface area contributed by atoms with Crippen LogP contribution in [0.5, 0.6) is 0 Å². The molecule has 128 valence electrons. The Bertz CT molecular complexity index is 582. The first-order valence-corrected chi connectivity index (χ1v) is 8.03. The number of hydrogen-bond donors (Lipinski definition) is 1. The topological polar surface area (TPSA) is 23.5 Å². The summed E-state index contributed by atoms with van der Waals surface area (Å²) in [7, 11) is 0. The average Bonchev–Trinajstić information content (AvgIpc) is 3.01. The van der Waals surface area contributed by atoms with Crippen LogP contribution >= 0.6 is 0 Å². The van der Waals surface area contributed by atoms with E-state index >= 15 is 0 Å². The monoisotopic (exact) mass is 331 g/mol. The molecule has 0 amide bonds.